The molecule has 0 spiro atoms. The lowest BCUT2D eigenvalue weighted by Gasteiger charge is -2.08. The van der Waals surface area contributed by atoms with Crippen LogP contribution in [-0.2, 0) is 5.88 Å². The Kier molecular flexibility index (Phi) is 3.36. The predicted octanol–water partition coefficient (Wildman–Crippen LogP) is 4.26. The molecular weight excluding hydrogens is 300 g/mol. The van der Waals surface area contributed by atoms with Gasteiger partial charge in [0.25, 0.3) is 0 Å². The minimum Gasteiger partial charge on any atom is -0.280 e. The van der Waals surface area contributed by atoms with Crippen LogP contribution in [0, 0.1) is 12.7 Å². The minimum atomic E-state index is -0.279. The Balaban J connectivity index is 2.30. The summed E-state index contributed by atoms with van der Waals surface area (Å²) in [6, 6.07) is 6.68. The Labute approximate surface area is 125 Å². The van der Waals surface area contributed by atoms with Gasteiger partial charge in [-0.1, -0.05) is 17.7 Å². The number of hydrogen-bond acceptors (Lipinski definition) is 2. The van der Waals surface area contributed by atoms with Gasteiger partial charge in [-0.3, -0.25) is 4.57 Å². The van der Waals surface area contributed by atoms with E-state index < -0.39 is 0 Å². The van der Waals surface area contributed by atoms with Crippen LogP contribution >= 0.6 is 23.2 Å². The van der Waals surface area contributed by atoms with Crippen LogP contribution in [0.25, 0.3) is 16.9 Å². The summed E-state index contributed by atoms with van der Waals surface area (Å²) in [7, 11) is 0. The summed E-state index contributed by atoms with van der Waals surface area (Å²) < 4.78 is 15.5. The molecule has 0 unspecified atom stereocenters. The van der Waals surface area contributed by atoms with E-state index in [1.165, 1.54) is 12.3 Å². The van der Waals surface area contributed by atoms with E-state index in [9.17, 15) is 4.39 Å². The van der Waals surface area contributed by atoms with Crippen molar-refractivity contribution >= 4 is 34.4 Å². The second kappa shape index (κ2) is 5.04. The molecule has 0 aliphatic carbocycles. The fourth-order valence-electron chi connectivity index (χ4n) is 2.07. The van der Waals surface area contributed by atoms with Crippen molar-refractivity contribution in [1.29, 1.82) is 0 Å². The number of alkyl halides is 1. The number of halogens is 3. The molecule has 0 N–H and O–H groups in total. The molecule has 2 heterocycles. The molecule has 0 aliphatic heterocycles. The Morgan fingerprint density at radius 1 is 1.30 bits per heavy atom. The van der Waals surface area contributed by atoms with E-state index in [4.69, 9.17) is 23.2 Å². The molecule has 0 amide bonds. The monoisotopic (exact) mass is 309 g/mol. The Morgan fingerprint density at radius 2 is 2.10 bits per heavy atom. The van der Waals surface area contributed by atoms with E-state index in [-0.39, 0.29) is 11.7 Å². The summed E-state index contributed by atoms with van der Waals surface area (Å²) in [6.45, 7) is 1.71. The van der Waals surface area contributed by atoms with Gasteiger partial charge >= 0.3 is 0 Å². The molecule has 6 heteroatoms. The summed E-state index contributed by atoms with van der Waals surface area (Å²) in [6.07, 6.45) is 1.53. The molecule has 20 heavy (non-hydrogen) atoms. The van der Waals surface area contributed by atoms with Crippen molar-refractivity contribution in [2.24, 2.45) is 0 Å². The van der Waals surface area contributed by atoms with Gasteiger partial charge in [-0.05, 0) is 30.7 Å². The van der Waals surface area contributed by atoms with Crippen molar-refractivity contribution in [3.05, 3.63) is 52.7 Å². The van der Waals surface area contributed by atoms with Crippen LogP contribution in [0.4, 0.5) is 4.39 Å². The van der Waals surface area contributed by atoms with Gasteiger partial charge in [0.15, 0.2) is 5.65 Å². The molecule has 3 rings (SSSR count). The average Bonchev–Trinajstić information content (AvgIpc) is 2.79. The number of benzene rings is 1. The number of rotatable bonds is 2. The largest absolute Gasteiger partial charge is 0.280 e. The van der Waals surface area contributed by atoms with Gasteiger partial charge in [0.1, 0.15) is 17.2 Å². The van der Waals surface area contributed by atoms with Crippen molar-refractivity contribution in [2.45, 2.75) is 12.8 Å². The van der Waals surface area contributed by atoms with Crippen molar-refractivity contribution in [1.82, 2.24) is 14.5 Å². The van der Waals surface area contributed by atoms with E-state index >= 15 is 0 Å². The van der Waals surface area contributed by atoms with E-state index in [1.54, 1.807) is 23.6 Å². The molecule has 0 saturated carbocycles. The van der Waals surface area contributed by atoms with Crippen molar-refractivity contribution in [3.8, 4) is 5.69 Å². The fourth-order valence-corrected chi connectivity index (χ4v) is 2.40. The third-order valence-electron chi connectivity index (χ3n) is 3.07. The minimum absolute atomic E-state index is 0.198. The first kappa shape index (κ1) is 13.3. The number of aryl methyl sites for hydroxylation is 1. The van der Waals surface area contributed by atoms with Gasteiger partial charge in [0.2, 0.25) is 0 Å². The van der Waals surface area contributed by atoms with Crippen LogP contribution in [0.2, 0.25) is 5.02 Å². The van der Waals surface area contributed by atoms with Gasteiger partial charge < -0.3 is 0 Å². The molecular formula is C14H10Cl2FN3. The molecule has 0 fully saturated rings. The zero-order chi connectivity index (χ0) is 14.3. The number of fused-ring (bicyclic) bond motifs is 1. The average molecular weight is 310 g/mol. The van der Waals surface area contributed by atoms with Crippen molar-refractivity contribution < 1.29 is 4.39 Å². The van der Waals surface area contributed by atoms with Gasteiger partial charge in [0, 0.05) is 6.20 Å². The lowest BCUT2D eigenvalue weighted by molar-refractivity contribution is 0.617. The number of pyridine rings is 1. The normalized spacial score (nSPS) is 11.2. The summed E-state index contributed by atoms with van der Waals surface area (Å²) in [5.74, 6) is 0.516. The number of imidazole rings is 1. The maximum Gasteiger partial charge on any atom is 0.164 e. The molecule has 0 saturated heterocycles. The molecule has 3 nitrogen and oxygen atoms in total. The third kappa shape index (κ3) is 2.15. The van der Waals surface area contributed by atoms with Crippen molar-refractivity contribution in [2.75, 3.05) is 0 Å². The van der Waals surface area contributed by atoms with Gasteiger partial charge in [-0.15, -0.1) is 11.6 Å². The highest BCUT2D eigenvalue weighted by Crippen LogP contribution is 2.24. The molecule has 0 radical (unpaired) electrons. The predicted molar refractivity (Wildman–Crippen MR) is 78.1 cm³/mol. The first-order valence-electron chi connectivity index (χ1n) is 5.95. The van der Waals surface area contributed by atoms with E-state index in [0.717, 1.165) is 0 Å². The highest BCUT2D eigenvalue weighted by atomic mass is 35.5. The molecule has 0 atom stereocenters. The lowest BCUT2D eigenvalue weighted by atomic mass is 10.2. The quantitative estimate of drug-likeness (QED) is 0.662. The summed E-state index contributed by atoms with van der Waals surface area (Å²) >= 11 is 11.8. The SMILES string of the molecule is Cc1ccc(-n2c(CCl)nc3cc(Cl)cnc32)cc1F. The number of nitrogens with zero attached hydrogens (tertiary/aromatic N) is 3. The Bertz CT molecular complexity index is 798. The van der Waals surface area contributed by atoms with E-state index in [1.807, 2.05) is 6.07 Å². The molecule has 2 aromatic heterocycles. The van der Waals surface area contributed by atoms with Crippen LogP contribution in [0.3, 0.4) is 0 Å². The van der Waals surface area contributed by atoms with Gasteiger partial charge in [-0.25, -0.2) is 14.4 Å². The first-order valence-corrected chi connectivity index (χ1v) is 6.87. The summed E-state index contributed by atoms with van der Waals surface area (Å²) in [5.41, 5.74) is 2.46. The molecule has 3 aromatic rings. The van der Waals surface area contributed by atoms with Crippen LogP contribution in [0.15, 0.2) is 30.5 Å². The molecule has 0 aliphatic rings. The summed E-state index contributed by atoms with van der Waals surface area (Å²) in [4.78, 5) is 8.65. The summed E-state index contributed by atoms with van der Waals surface area (Å²) in [5, 5.41) is 0.498. The molecule has 0 bridgehead atoms. The Morgan fingerprint density at radius 3 is 2.80 bits per heavy atom. The molecule has 1 aromatic carbocycles. The maximum absolute atomic E-state index is 13.8. The zero-order valence-electron chi connectivity index (χ0n) is 10.6. The zero-order valence-corrected chi connectivity index (χ0v) is 12.1. The second-order valence-electron chi connectivity index (χ2n) is 4.43. The lowest BCUT2D eigenvalue weighted by Crippen LogP contribution is -2.01. The smallest absolute Gasteiger partial charge is 0.164 e. The topological polar surface area (TPSA) is 30.7 Å². The van der Waals surface area contributed by atoms with Crippen LogP contribution in [0.1, 0.15) is 11.4 Å². The third-order valence-corrected chi connectivity index (χ3v) is 3.51. The highest BCUT2D eigenvalue weighted by Gasteiger charge is 2.14. The number of aromatic nitrogens is 3. The maximum atomic E-state index is 13.8. The van der Waals surface area contributed by atoms with Crippen LogP contribution in [-0.4, -0.2) is 14.5 Å². The molecule has 102 valence electrons. The van der Waals surface area contributed by atoms with Gasteiger partial charge in [0.05, 0.1) is 16.6 Å². The van der Waals surface area contributed by atoms with Gasteiger partial charge in [-0.2, -0.15) is 0 Å². The fraction of sp³-hybridized carbons (Fsp3) is 0.143. The van der Waals surface area contributed by atoms with Crippen LogP contribution < -0.4 is 0 Å². The van der Waals surface area contributed by atoms with E-state index in [0.29, 0.717) is 33.3 Å². The number of hydrogen-bond donors (Lipinski definition) is 0. The highest BCUT2D eigenvalue weighted by molar-refractivity contribution is 6.31. The Hall–Kier alpha value is -1.65. The van der Waals surface area contributed by atoms with E-state index in [2.05, 4.69) is 9.97 Å². The van der Waals surface area contributed by atoms with Crippen molar-refractivity contribution in [3.63, 3.8) is 0 Å². The van der Waals surface area contributed by atoms with Crippen LogP contribution in [0.5, 0.6) is 0 Å². The second-order valence-corrected chi connectivity index (χ2v) is 5.13. The standard InChI is InChI=1S/C14H10Cl2FN3/c1-8-2-3-10(5-11(8)17)20-13(6-15)19-12-4-9(16)7-18-14(12)20/h2-5,7H,6H2,1H3. The first-order chi connectivity index (χ1) is 9.60.